The van der Waals surface area contributed by atoms with Gasteiger partial charge >= 0.3 is 0 Å². The minimum Gasteiger partial charge on any atom is -0.310 e. The number of H-pyrrole nitrogens is 1. The molecule has 2 aromatic heterocycles. The zero-order valence-electron chi connectivity index (χ0n) is 8.97. The van der Waals surface area contributed by atoms with Crippen molar-refractivity contribution in [1.82, 2.24) is 19.7 Å². The Morgan fingerprint density at radius 3 is 2.94 bits per heavy atom. The number of aromatic nitrogens is 4. The minimum atomic E-state index is -0.0873. The molecule has 0 atom stereocenters. The van der Waals surface area contributed by atoms with Crippen molar-refractivity contribution in [3.05, 3.63) is 34.6 Å². The quantitative estimate of drug-likeness (QED) is 0.816. The third-order valence-corrected chi connectivity index (χ3v) is 2.72. The molecule has 0 saturated heterocycles. The average Bonchev–Trinajstić information content (AvgIpc) is 3.01. The molecule has 16 heavy (non-hydrogen) atoms. The second-order valence-electron chi connectivity index (χ2n) is 4.19. The number of hydrogen-bond donors (Lipinski definition) is 1. The molecule has 82 valence electrons. The lowest BCUT2D eigenvalue weighted by molar-refractivity contribution is 0.768. The van der Waals surface area contributed by atoms with Crippen LogP contribution in [0.4, 0.5) is 0 Å². The highest BCUT2D eigenvalue weighted by atomic mass is 16.1. The summed E-state index contributed by atoms with van der Waals surface area (Å²) in [5.74, 6) is 1.26. The lowest BCUT2D eigenvalue weighted by Crippen LogP contribution is -2.10. The predicted molar refractivity (Wildman–Crippen MR) is 59.0 cm³/mol. The van der Waals surface area contributed by atoms with Crippen LogP contribution >= 0.6 is 0 Å². The summed E-state index contributed by atoms with van der Waals surface area (Å²) in [6, 6.07) is 1.52. The van der Waals surface area contributed by atoms with Gasteiger partial charge in [0.1, 0.15) is 5.82 Å². The monoisotopic (exact) mass is 216 g/mol. The van der Waals surface area contributed by atoms with Crippen LogP contribution in [0.15, 0.2) is 23.3 Å². The Kier molecular flexibility index (Phi) is 1.92. The maximum atomic E-state index is 11.5. The molecule has 0 unspecified atom stereocenters. The molecule has 1 N–H and O–H groups in total. The highest BCUT2D eigenvalue weighted by Crippen LogP contribution is 2.37. The highest BCUT2D eigenvalue weighted by Gasteiger charge is 2.26. The zero-order chi connectivity index (χ0) is 11.1. The van der Waals surface area contributed by atoms with Crippen molar-refractivity contribution in [2.45, 2.75) is 18.8 Å². The number of nitrogens with zero attached hydrogens (tertiary/aromatic N) is 3. The van der Waals surface area contributed by atoms with Crippen molar-refractivity contribution < 1.29 is 0 Å². The molecule has 1 fully saturated rings. The van der Waals surface area contributed by atoms with Crippen LogP contribution in [0.1, 0.15) is 24.6 Å². The minimum absolute atomic E-state index is 0.0873. The molecule has 1 saturated carbocycles. The van der Waals surface area contributed by atoms with Gasteiger partial charge < -0.3 is 4.98 Å². The van der Waals surface area contributed by atoms with Crippen molar-refractivity contribution >= 4 is 0 Å². The van der Waals surface area contributed by atoms with Crippen LogP contribution in [0.5, 0.6) is 0 Å². The molecule has 2 heterocycles. The Balaban J connectivity index is 2.09. The predicted octanol–water partition coefficient (Wildman–Crippen LogP) is 1.05. The first-order valence-corrected chi connectivity index (χ1v) is 5.32. The topological polar surface area (TPSA) is 63.6 Å². The number of aromatic amines is 1. The number of rotatable bonds is 2. The SMILES string of the molecule is Cn1cc(-c2cc(=O)[nH]c(C3CC3)n2)cn1. The smallest absolute Gasteiger partial charge is 0.251 e. The Labute approximate surface area is 92.2 Å². The summed E-state index contributed by atoms with van der Waals surface area (Å²) in [6.07, 6.45) is 5.83. The van der Waals surface area contributed by atoms with Gasteiger partial charge in [-0.05, 0) is 12.8 Å². The van der Waals surface area contributed by atoms with Crippen molar-refractivity contribution in [2.75, 3.05) is 0 Å². The van der Waals surface area contributed by atoms with Gasteiger partial charge in [0, 0.05) is 30.8 Å². The molecule has 1 aliphatic carbocycles. The molecule has 5 nitrogen and oxygen atoms in total. The molecule has 0 spiro atoms. The van der Waals surface area contributed by atoms with Crippen LogP contribution < -0.4 is 5.56 Å². The molecule has 2 aromatic rings. The molecular formula is C11H12N4O. The van der Waals surface area contributed by atoms with E-state index in [9.17, 15) is 4.79 Å². The fraction of sp³-hybridized carbons (Fsp3) is 0.364. The van der Waals surface area contributed by atoms with Crippen LogP contribution in [-0.4, -0.2) is 19.7 Å². The molecule has 5 heteroatoms. The van der Waals surface area contributed by atoms with Crippen LogP contribution in [0.2, 0.25) is 0 Å². The maximum Gasteiger partial charge on any atom is 0.251 e. The Bertz CT molecular complexity index is 580. The molecule has 1 aliphatic rings. The Morgan fingerprint density at radius 2 is 2.31 bits per heavy atom. The molecule has 0 amide bonds. The average molecular weight is 216 g/mol. The molecule has 0 radical (unpaired) electrons. The van der Waals surface area contributed by atoms with E-state index in [1.54, 1.807) is 10.9 Å². The first-order chi connectivity index (χ1) is 7.72. The van der Waals surface area contributed by atoms with Gasteiger partial charge in [-0.1, -0.05) is 0 Å². The first kappa shape index (κ1) is 9.33. The van der Waals surface area contributed by atoms with Gasteiger partial charge in [0.2, 0.25) is 0 Å². The van der Waals surface area contributed by atoms with Gasteiger partial charge in [0.05, 0.1) is 11.9 Å². The van der Waals surface area contributed by atoms with E-state index in [2.05, 4.69) is 15.1 Å². The third kappa shape index (κ3) is 1.64. The van der Waals surface area contributed by atoms with Gasteiger partial charge in [0.15, 0.2) is 0 Å². The fourth-order valence-corrected chi connectivity index (χ4v) is 1.73. The van der Waals surface area contributed by atoms with Crippen molar-refractivity contribution in [3.63, 3.8) is 0 Å². The summed E-state index contributed by atoms with van der Waals surface area (Å²) in [4.78, 5) is 18.8. The Morgan fingerprint density at radius 1 is 1.50 bits per heavy atom. The van der Waals surface area contributed by atoms with Gasteiger partial charge in [-0.15, -0.1) is 0 Å². The molecule has 3 rings (SSSR count). The molecule has 0 aromatic carbocycles. The largest absolute Gasteiger partial charge is 0.310 e. The highest BCUT2D eigenvalue weighted by molar-refractivity contribution is 5.56. The number of hydrogen-bond acceptors (Lipinski definition) is 3. The Hall–Kier alpha value is -1.91. The van der Waals surface area contributed by atoms with Gasteiger partial charge in [-0.2, -0.15) is 5.10 Å². The molecule has 0 aliphatic heterocycles. The first-order valence-electron chi connectivity index (χ1n) is 5.32. The summed E-state index contributed by atoms with van der Waals surface area (Å²) in [5.41, 5.74) is 1.50. The number of nitrogens with one attached hydrogen (secondary N) is 1. The summed E-state index contributed by atoms with van der Waals surface area (Å²) in [7, 11) is 1.85. The summed E-state index contributed by atoms with van der Waals surface area (Å²) < 4.78 is 1.70. The van der Waals surface area contributed by atoms with E-state index >= 15 is 0 Å². The summed E-state index contributed by atoms with van der Waals surface area (Å²) in [6.45, 7) is 0. The second-order valence-corrected chi connectivity index (χ2v) is 4.19. The summed E-state index contributed by atoms with van der Waals surface area (Å²) >= 11 is 0. The van der Waals surface area contributed by atoms with Crippen LogP contribution in [0.25, 0.3) is 11.3 Å². The number of aryl methyl sites for hydroxylation is 1. The van der Waals surface area contributed by atoms with E-state index in [-0.39, 0.29) is 5.56 Å². The van der Waals surface area contributed by atoms with E-state index in [1.807, 2.05) is 13.2 Å². The van der Waals surface area contributed by atoms with Crippen molar-refractivity contribution in [3.8, 4) is 11.3 Å². The second kappa shape index (κ2) is 3.30. The van der Waals surface area contributed by atoms with Gasteiger partial charge in [-0.3, -0.25) is 9.48 Å². The van der Waals surface area contributed by atoms with Crippen molar-refractivity contribution in [2.24, 2.45) is 7.05 Å². The van der Waals surface area contributed by atoms with E-state index < -0.39 is 0 Å². The van der Waals surface area contributed by atoms with E-state index in [1.165, 1.54) is 6.07 Å². The standard InChI is InChI=1S/C11H12N4O/c1-15-6-8(5-12-15)9-4-10(16)14-11(13-9)7-2-3-7/h4-7H,2-3H2,1H3,(H,13,14,16). The van der Waals surface area contributed by atoms with E-state index in [4.69, 9.17) is 0 Å². The molecular weight excluding hydrogens is 204 g/mol. The van der Waals surface area contributed by atoms with Gasteiger partial charge in [-0.25, -0.2) is 4.98 Å². The van der Waals surface area contributed by atoms with E-state index in [0.29, 0.717) is 11.6 Å². The van der Waals surface area contributed by atoms with Crippen molar-refractivity contribution in [1.29, 1.82) is 0 Å². The van der Waals surface area contributed by atoms with Crippen LogP contribution in [-0.2, 0) is 7.05 Å². The fourth-order valence-electron chi connectivity index (χ4n) is 1.73. The maximum absolute atomic E-state index is 11.5. The van der Waals surface area contributed by atoms with Crippen LogP contribution in [0, 0.1) is 0 Å². The molecule has 0 bridgehead atoms. The zero-order valence-corrected chi connectivity index (χ0v) is 8.97. The lowest BCUT2D eigenvalue weighted by atomic mass is 10.2. The third-order valence-electron chi connectivity index (χ3n) is 2.72. The summed E-state index contributed by atoms with van der Waals surface area (Å²) in [5, 5.41) is 4.08. The van der Waals surface area contributed by atoms with Crippen LogP contribution in [0.3, 0.4) is 0 Å². The van der Waals surface area contributed by atoms with Gasteiger partial charge in [0.25, 0.3) is 5.56 Å². The normalized spacial score (nSPS) is 15.3. The van der Waals surface area contributed by atoms with E-state index in [0.717, 1.165) is 24.2 Å². The lowest BCUT2D eigenvalue weighted by Gasteiger charge is -2.00.